The van der Waals surface area contributed by atoms with E-state index in [1.54, 1.807) is 0 Å². The molecule has 0 heterocycles. The maximum absolute atomic E-state index is 2.43. The van der Waals surface area contributed by atoms with Crippen molar-refractivity contribution >= 4 is 0 Å². The Morgan fingerprint density at radius 2 is 1.22 bits per heavy atom. The zero-order valence-electron chi connectivity index (χ0n) is 7.08. The molecule has 52 valence electrons. The van der Waals surface area contributed by atoms with E-state index in [4.69, 9.17) is 0 Å². The Bertz CT molecular complexity index is 162. The van der Waals surface area contributed by atoms with Gasteiger partial charge >= 0.3 is 0 Å². The van der Waals surface area contributed by atoms with Gasteiger partial charge in [-0.1, -0.05) is 34.6 Å². The van der Waals surface area contributed by atoms with Gasteiger partial charge in [-0.25, -0.2) is 0 Å². The molecular weight excluding hydrogens is 108 g/mol. The summed E-state index contributed by atoms with van der Waals surface area (Å²) in [5.74, 6) is 0.986. The molecule has 0 nitrogen and oxygen atoms in total. The van der Waals surface area contributed by atoms with Crippen molar-refractivity contribution in [3.8, 4) is 0 Å². The number of hydrogen-bond acceptors (Lipinski definition) is 0. The number of hydrogen-bond donors (Lipinski definition) is 0. The first-order chi connectivity index (χ1) is 3.90. The van der Waals surface area contributed by atoms with Crippen LogP contribution in [-0.4, -0.2) is 0 Å². The van der Waals surface area contributed by atoms with E-state index in [1.807, 2.05) is 0 Å². The predicted molar refractivity (Wildman–Crippen MR) is 39.2 cm³/mol. The molecule has 2 rings (SSSR count). The van der Waals surface area contributed by atoms with Gasteiger partial charge in [-0.15, -0.1) is 0 Å². The average molecular weight is 124 g/mol. The van der Waals surface area contributed by atoms with Gasteiger partial charge in [0.1, 0.15) is 0 Å². The number of fused-ring (bicyclic) bond motifs is 1. The summed E-state index contributed by atoms with van der Waals surface area (Å²) in [7, 11) is 0. The first-order valence-electron chi connectivity index (χ1n) is 3.90. The standard InChI is InChI=1S/C9H16/c1-6-8(4)7(2,3)9(6,8)5/h6H,1-5H3. The molecule has 0 N–H and O–H groups in total. The molecule has 2 unspecified atom stereocenters. The SMILES string of the molecule is CC1C2(C)C(C)(C)C12C. The molecule has 2 atom stereocenters. The van der Waals surface area contributed by atoms with Crippen molar-refractivity contribution in [2.45, 2.75) is 34.6 Å². The third kappa shape index (κ3) is 0.235. The van der Waals surface area contributed by atoms with Gasteiger partial charge < -0.3 is 0 Å². The van der Waals surface area contributed by atoms with Crippen molar-refractivity contribution in [3.05, 3.63) is 0 Å². The van der Waals surface area contributed by atoms with Gasteiger partial charge in [0, 0.05) is 0 Å². The quantitative estimate of drug-likeness (QED) is 0.465. The van der Waals surface area contributed by atoms with Crippen LogP contribution in [0.15, 0.2) is 0 Å². The Balaban J connectivity index is 2.35. The molecular formula is C9H16. The highest BCUT2D eigenvalue weighted by Crippen LogP contribution is 2.99. The molecule has 0 amide bonds. The second-order valence-electron chi connectivity index (χ2n) is 4.75. The fourth-order valence-electron chi connectivity index (χ4n) is 3.48. The van der Waals surface area contributed by atoms with Crippen LogP contribution in [0.25, 0.3) is 0 Å². The Hall–Kier alpha value is 0. The second kappa shape index (κ2) is 0.889. The summed E-state index contributed by atoms with van der Waals surface area (Å²) in [5.41, 5.74) is 2.07. The van der Waals surface area contributed by atoms with Crippen molar-refractivity contribution < 1.29 is 0 Å². The smallest absolute Gasteiger partial charge is 0.0176 e. The predicted octanol–water partition coefficient (Wildman–Crippen LogP) is 2.69. The summed E-state index contributed by atoms with van der Waals surface area (Å²) in [5, 5.41) is 0. The zero-order valence-corrected chi connectivity index (χ0v) is 7.08. The van der Waals surface area contributed by atoms with Crippen molar-refractivity contribution in [1.29, 1.82) is 0 Å². The van der Waals surface area contributed by atoms with Gasteiger partial charge in [0.15, 0.2) is 0 Å². The molecule has 0 aromatic heterocycles. The van der Waals surface area contributed by atoms with Gasteiger partial charge in [-0.05, 0) is 22.2 Å². The Morgan fingerprint density at radius 1 is 0.889 bits per heavy atom. The van der Waals surface area contributed by atoms with E-state index in [9.17, 15) is 0 Å². The monoisotopic (exact) mass is 124 g/mol. The molecule has 0 bridgehead atoms. The van der Waals surface area contributed by atoms with E-state index in [0.29, 0.717) is 16.2 Å². The fourth-order valence-corrected chi connectivity index (χ4v) is 3.48. The molecule has 0 spiro atoms. The van der Waals surface area contributed by atoms with Crippen molar-refractivity contribution in [2.75, 3.05) is 0 Å². The van der Waals surface area contributed by atoms with Gasteiger partial charge in [0.2, 0.25) is 0 Å². The summed E-state index contributed by atoms with van der Waals surface area (Å²) in [6.07, 6.45) is 0. The molecule has 0 radical (unpaired) electrons. The lowest BCUT2D eigenvalue weighted by Crippen LogP contribution is -2.15. The first-order valence-corrected chi connectivity index (χ1v) is 3.90. The van der Waals surface area contributed by atoms with Crippen molar-refractivity contribution in [3.63, 3.8) is 0 Å². The minimum absolute atomic E-state index is 0.652. The van der Waals surface area contributed by atoms with Crippen LogP contribution in [-0.2, 0) is 0 Å². The van der Waals surface area contributed by atoms with Gasteiger partial charge in [0.25, 0.3) is 0 Å². The van der Waals surface area contributed by atoms with E-state index in [1.165, 1.54) is 0 Å². The van der Waals surface area contributed by atoms with Gasteiger partial charge in [-0.2, -0.15) is 0 Å². The second-order valence-corrected chi connectivity index (χ2v) is 4.75. The van der Waals surface area contributed by atoms with Crippen LogP contribution < -0.4 is 0 Å². The lowest BCUT2D eigenvalue weighted by atomic mass is 9.83. The highest BCUT2D eigenvalue weighted by Gasteiger charge is 2.95. The fraction of sp³-hybridized carbons (Fsp3) is 1.00. The van der Waals surface area contributed by atoms with Crippen LogP contribution >= 0.6 is 0 Å². The maximum atomic E-state index is 2.43. The van der Waals surface area contributed by atoms with Crippen LogP contribution in [0.5, 0.6) is 0 Å². The maximum Gasteiger partial charge on any atom is -0.0176 e. The van der Waals surface area contributed by atoms with Crippen molar-refractivity contribution in [2.24, 2.45) is 22.2 Å². The molecule has 0 aromatic carbocycles. The molecule has 2 aliphatic carbocycles. The van der Waals surface area contributed by atoms with Gasteiger partial charge in [0.05, 0.1) is 0 Å². The van der Waals surface area contributed by atoms with E-state index < -0.39 is 0 Å². The van der Waals surface area contributed by atoms with Gasteiger partial charge in [-0.3, -0.25) is 0 Å². The minimum Gasteiger partial charge on any atom is -0.0614 e. The van der Waals surface area contributed by atoms with E-state index in [-0.39, 0.29) is 0 Å². The topological polar surface area (TPSA) is 0 Å². The van der Waals surface area contributed by atoms with E-state index in [0.717, 1.165) is 5.92 Å². The molecule has 0 aromatic rings. The molecule has 0 heteroatoms. The lowest BCUT2D eigenvalue weighted by molar-refractivity contribution is 0.263. The van der Waals surface area contributed by atoms with Crippen LogP contribution in [0.1, 0.15) is 34.6 Å². The lowest BCUT2D eigenvalue weighted by Gasteiger charge is -2.22. The third-order valence-corrected chi connectivity index (χ3v) is 5.26. The summed E-state index contributed by atoms with van der Waals surface area (Å²) in [4.78, 5) is 0. The Kier molecular flexibility index (Phi) is 0.569. The number of rotatable bonds is 0. The molecule has 2 fully saturated rings. The van der Waals surface area contributed by atoms with Crippen molar-refractivity contribution in [1.82, 2.24) is 0 Å². The highest BCUT2D eigenvalue weighted by molar-refractivity contribution is 5.41. The Labute approximate surface area is 57.6 Å². The summed E-state index contributed by atoms with van der Waals surface area (Å²) >= 11 is 0. The van der Waals surface area contributed by atoms with Crippen LogP contribution in [0.4, 0.5) is 0 Å². The Morgan fingerprint density at radius 3 is 1.22 bits per heavy atom. The highest BCUT2D eigenvalue weighted by atomic mass is 15.0. The molecule has 0 aliphatic heterocycles. The summed E-state index contributed by atoms with van der Waals surface area (Å²) < 4.78 is 0. The molecule has 0 saturated heterocycles. The first kappa shape index (κ1) is 5.76. The minimum atomic E-state index is 0.652. The largest absolute Gasteiger partial charge is 0.0614 e. The molecule has 9 heavy (non-hydrogen) atoms. The van der Waals surface area contributed by atoms with E-state index >= 15 is 0 Å². The summed E-state index contributed by atoms with van der Waals surface area (Å²) in [6.45, 7) is 12.0. The van der Waals surface area contributed by atoms with Crippen LogP contribution in [0, 0.1) is 22.2 Å². The summed E-state index contributed by atoms with van der Waals surface area (Å²) in [6, 6.07) is 0. The zero-order chi connectivity index (χ0) is 7.08. The van der Waals surface area contributed by atoms with Crippen LogP contribution in [0.3, 0.4) is 0 Å². The average Bonchev–Trinajstić information content (AvgIpc) is 2.32. The molecule has 2 aliphatic rings. The van der Waals surface area contributed by atoms with Crippen LogP contribution in [0.2, 0.25) is 0 Å². The molecule has 2 saturated carbocycles. The van der Waals surface area contributed by atoms with E-state index in [2.05, 4.69) is 34.6 Å². The third-order valence-electron chi connectivity index (χ3n) is 5.26. The normalized spacial score (nSPS) is 67.0.